The number of carbonyl (C=O) groups is 1. The van der Waals surface area contributed by atoms with Crippen molar-refractivity contribution in [3.05, 3.63) is 46.3 Å². The van der Waals surface area contributed by atoms with Crippen molar-refractivity contribution in [2.45, 2.75) is 42.0 Å². The molecule has 2 fully saturated rings. The quantitative estimate of drug-likeness (QED) is 0.211. The maximum atomic E-state index is 14.2. The number of aliphatic hydroxyl groups excluding tert-OH is 3. The molecule has 2 saturated heterocycles. The van der Waals surface area contributed by atoms with E-state index in [1.54, 1.807) is 4.90 Å². The highest BCUT2D eigenvalue weighted by Crippen LogP contribution is 2.52. The van der Waals surface area contributed by atoms with Crippen LogP contribution in [0.25, 0.3) is 0 Å². The van der Waals surface area contributed by atoms with E-state index in [1.165, 1.54) is 0 Å². The molecule has 0 spiro atoms. The average Bonchev–Trinajstić information content (AvgIpc) is 2.96. The van der Waals surface area contributed by atoms with Gasteiger partial charge in [0.2, 0.25) is 15.8 Å². The molecule has 13 nitrogen and oxygen atoms in total. The first-order valence-corrected chi connectivity index (χ1v) is 14.1. The number of piperazine rings is 1. The minimum Gasteiger partial charge on any atom is -0.504 e. The SMILES string of the molecule is COc1c(O)c(CN2CCN(S(=O)(=O)c3ccc(F)c(F)c3F)CC2)c2c(c1O)C1O[C@H](CO)[C@@H](O)[C@H](O)C1OC2=O. The number of sulfonamides is 1. The number of benzene rings is 2. The zero-order valence-corrected chi connectivity index (χ0v) is 22.7. The zero-order valence-electron chi connectivity index (χ0n) is 21.9. The number of carbonyl (C=O) groups excluding carboxylic acids is 1. The third kappa shape index (κ3) is 4.74. The second-order valence-corrected chi connectivity index (χ2v) is 11.9. The molecule has 2 aromatic rings. The average molecular weight is 621 g/mol. The Bertz CT molecular complexity index is 1520. The van der Waals surface area contributed by atoms with Crippen LogP contribution >= 0.6 is 0 Å². The lowest BCUT2D eigenvalue weighted by atomic mass is 9.84. The Kier molecular flexibility index (Phi) is 8.03. The highest BCUT2D eigenvalue weighted by molar-refractivity contribution is 7.89. The molecule has 2 unspecified atom stereocenters. The van der Waals surface area contributed by atoms with Gasteiger partial charge in [0, 0.05) is 43.9 Å². The third-order valence-corrected chi connectivity index (χ3v) is 9.59. The summed E-state index contributed by atoms with van der Waals surface area (Å²) >= 11 is 0. The second kappa shape index (κ2) is 11.1. The lowest BCUT2D eigenvalue weighted by molar-refractivity contribution is -0.235. The van der Waals surface area contributed by atoms with Gasteiger partial charge >= 0.3 is 5.97 Å². The largest absolute Gasteiger partial charge is 0.504 e. The Morgan fingerprint density at radius 1 is 1.02 bits per heavy atom. The van der Waals surface area contributed by atoms with Crippen LogP contribution in [0.1, 0.15) is 27.6 Å². The third-order valence-electron chi connectivity index (χ3n) is 7.68. The van der Waals surface area contributed by atoms with Gasteiger partial charge in [0.15, 0.2) is 35.1 Å². The zero-order chi connectivity index (χ0) is 30.7. The highest BCUT2D eigenvalue weighted by atomic mass is 32.2. The van der Waals surface area contributed by atoms with Crippen LogP contribution in [0.2, 0.25) is 0 Å². The lowest BCUT2D eigenvalue weighted by Gasteiger charge is -2.45. The summed E-state index contributed by atoms with van der Waals surface area (Å²) in [4.78, 5) is 13.7. The molecule has 0 saturated carbocycles. The molecule has 5 rings (SSSR count). The predicted molar refractivity (Wildman–Crippen MR) is 133 cm³/mol. The monoisotopic (exact) mass is 620 g/mol. The number of aromatic hydroxyl groups is 2. The Morgan fingerprint density at radius 3 is 2.31 bits per heavy atom. The number of nitrogens with zero attached hydrogens (tertiary/aromatic N) is 2. The fraction of sp³-hybridized carbons (Fsp3) is 0.480. The number of phenolic OH excluding ortho intramolecular Hbond substituents is 2. The van der Waals surface area contributed by atoms with Gasteiger partial charge in [-0.1, -0.05) is 0 Å². The van der Waals surface area contributed by atoms with E-state index in [0.717, 1.165) is 11.4 Å². The first kappa shape index (κ1) is 30.3. The molecule has 0 aliphatic carbocycles. The summed E-state index contributed by atoms with van der Waals surface area (Å²) in [6.45, 7) is -1.40. The molecule has 2 aromatic carbocycles. The molecule has 5 N–H and O–H groups in total. The van der Waals surface area contributed by atoms with Crippen molar-refractivity contribution in [1.82, 2.24) is 9.21 Å². The summed E-state index contributed by atoms with van der Waals surface area (Å²) < 4.78 is 84.2. The van der Waals surface area contributed by atoms with Crippen molar-refractivity contribution in [3.63, 3.8) is 0 Å². The van der Waals surface area contributed by atoms with Crippen molar-refractivity contribution in [2.75, 3.05) is 39.9 Å². The van der Waals surface area contributed by atoms with Crippen molar-refractivity contribution in [3.8, 4) is 17.2 Å². The first-order valence-electron chi connectivity index (χ1n) is 12.7. The molecule has 230 valence electrons. The lowest BCUT2D eigenvalue weighted by Crippen LogP contribution is -2.58. The number of esters is 1. The highest BCUT2D eigenvalue weighted by Gasteiger charge is 2.53. The Morgan fingerprint density at radius 2 is 1.69 bits per heavy atom. The van der Waals surface area contributed by atoms with Crippen LogP contribution in [-0.2, 0) is 26.0 Å². The van der Waals surface area contributed by atoms with E-state index in [1.807, 2.05) is 0 Å². The van der Waals surface area contributed by atoms with E-state index in [9.17, 15) is 51.9 Å². The van der Waals surface area contributed by atoms with E-state index in [4.69, 9.17) is 14.2 Å². The molecular weight excluding hydrogens is 593 g/mol. The second-order valence-electron chi connectivity index (χ2n) is 9.98. The molecule has 17 heteroatoms. The van der Waals surface area contributed by atoms with Crippen molar-refractivity contribution < 1.29 is 66.1 Å². The molecule has 0 amide bonds. The summed E-state index contributed by atoms with van der Waals surface area (Å²) in [5.41, 5.74) is -0.609. The normalized spacial score (nSPS) is 26.8. The number of methoxy groups -OCH3 is 1. The number of phenols is 2. The fourth-order valence-electron chi connectivity index (χ4n) is 5.46. The molecule has 0 aromatic heterocycles. The number of aliphatic hydroxyl groups is 3. The molecule has 0 bridgehead atoms. The van der Waals surface area contributed by atoms with Crippen LogP contribution in [0.15, 0.2) is 17.0 Å². The summed E-state index contributed by atoms with van der Waals surface area (Å²) in [7, 11) is -3.40. The van der Waals surface area contributed by atoms with E-state index in [-0.39, 0.29) is 49.4 Å². The van der Waals surface area contributed by atoms with E-state index < -0.39 is 92.7 Å². The fourth-order valence-corrected chi connectivity index (χ4v) is 6.94. The maximum Gasteiger partial charge on any atom is 0.339 e. The molecule has 42 heavy (non-hydrogen) atoms. The number of rotatable bonds is 6. The van der Waals surface area contributed by atoms with Crippen molar-refractivity contribution in [1.29, 1.82) is 0 Å². The number of halogens is 3. The Balaban J connectivity index is 1.44. The minimum atomic E-state index is -4.54. The van der Waals surface area contributed by atoms with Gasteiger partial charge in [-0.3, -0.25) is 4.90 Å². The van der Waals surface area contributed by atoms with Crippen molar-refractivity contribution >= 4 is 16.0 Å². The van der Waals surface area contributed by atoms with Gasteiger partial charge in [-0.15, -0.1) is 0 Å². The van der Waals surface area contributed by atoms with Gasteiger partial charge in [-0.25, -0.2) is 26.4 Å². The number of hydrogen-bond acceptors (Lipinski definition) is 12. The van der Waals surface area contributed by atoms with Gasteiger partial charge < -0.3 is 39.7 Å². The molecule has 0 radical (unpaired) electrons. The Labute approximate surface area is 236 Å². The van der Waals surface area contributed by atoms with Gasteiger partial charge in [-0.05, 0) is 12.1 Å². The Hall–Kier alpha value is -3.19. The van der Waals surface area contributed by atoms with Crippen molar-refractivity contribution in [2.24, 2.45) is 0 Å². The van der Waals surface area contributed by atoms with Crippen LogP contribution in [0, 0.1) is 17.5 Å². The summed E-state index contributed by atoms with van der Waals surface area (Å²) in [6, 6.07) is 1.14. The van der Waals surface area contributed by atoms with Gasteiger partial charge in [0.05, 0.1) is 19.3 Å². The molecule has 5 atom stereocenters. The summed E-state index contributed by atoms with van der Waals surface area (Å²) in [5.74, 6) is -8.11. The van der Waals surface area contributed by atoms with E-state index in [0.29, 0.717) is 12.1 Å². The number of ether oxygens (including phenoxy) is 3. The standard InChI is InChI=1S/C25H27F3N2O11S/c1-39-23-18(32)10(14-15(20(23)34)22-24(41-25(14)36)21(35)19(33)12(9-31)40-22)8-29-4-6-30(7-5-29)42(37,38)13-3-2-11(26)16(27)17(13)28/h2-3,12,19,21-22,24,31-35H,4-9H2,1H3/t12-,19-,21+,22?,24?/m1/s1. The smallest absolute Gasteiger partial charge is 0.339 e. The first-order chi connectivity index (χ1) is 19.8. The van der Waals surface area contributed by atoms with Gasteiger partial charge in [-0.2, -0.15) is 4.31 Å². The van der Waals surface area contributed by atoms with Gasteiger partial charge in [0.1, 0.15) is 29.3 Å². The van der Waals surface area contributed by atoms with Crippen LogP contribution in [0.5, 0.6) is 17.2 Å². The van der Waals surface area contributed by atoms with Crippen LogP contribution in [0.3, 0.4) is 0 Å². The number of hydrogen-bond donors (Lipinski definition) is 5. The van der Waals surface area contributed by atoms with E-state index >= 15 is 0 Å². The van der Waals surface area contributed by atoms with Crippen LogP contribution < -0.4 is 4.74 Å². The summed E-state index contributed by atoms with van der Waals surface area (Å²) in [5, 5.41) is 52.3. The molecule has 3 heterocycles. The summed E-state index contributed by atoms with van der Waals surface area (Å²) in [6.07, 6.45) is -7.44. The van der Waals surface area contributed by atoms with Crippen LogP contribution in [0.4, 0.5) is 13.2 Å². The minimum absolute atomic E-state index is 0.0168. The van der Waals surface area contributed by atoms with Crippen LogP contribution in [-0.4, -0.2) is 113 Å². The predicted octanol–water partition coefficient (Wildman–Crippen LogP) is -0.277. The molecular formula is C25H27F3N2O11S. The molecule has 3 aliphatic heterocycles. The van der Waals surface area contributed by atoms with E-state index in [2.05, 4.69) is 0 Å². The number of fused-ring (bicyclic) bond motifs is 3. The topological polar surface area (TPSA) is 187 Å². The van der Waals surface area contributed by atoms with Gasteiger partial charge in [0.25, 0.3) is 0 Å². The maximum absolute atomic E-state index is 14.2. The molecule has 3 aliphatic rings.